The fourth-order valence-corrected chi connectivity index (χ4v) is 4.19. The lowest BCUT2D eigenvalue weighted by Gasteiger charge is -2.39. The standard InChI is InChI=1S/C21H28N4O2S.HI/c1-4-22-20(25-11-13-28-21(2,3)15-25)23-14-16-7-9-17(10-8-16)24-19(26)18-6-5-12-27-18;/h5-10,12H,4,11,13-15H2,1-3H3,(H,22,23)(H,24,26);1H. The van der Waals surface area contributed by atoms with E-state index in [2.05, 4.69) is 36.3 Å². The number of nitrogens with zero attached hydrogens (tertiary/aromatic N) is 2. The van der Waals surface area contributed by atoms with Crippen LogP contribution in [-0.4, -0.2) is 46.9 Å². The van der Waals surface area contributed by atoms with E-state index in [0.29, 0.717) is 12.3 Å². The highest BCUT2D eigenvalue weighted by molar-refractivity contribution is 14.0. The molecule has 1 saturated heterocycles. The number of thioether (sulfide) groups is 1. The van der Waals surface area contributed by atoms with Gasteiger partial charge in [-0.05, 0) is 50.6 Å². The maximum absolute atomic E-state index is 12.0. The molecule has 1 aromatic heterocycles. The molecule has 1 amide bonds. The van der Waals surface area contributed by atoms with Gasteiger partial charge in [0.05, 0.1) is 12.8 Å². The maximum atomic E-state index is 12.0. The number of benzene rings is 1. The van der Waals surface area contributed by atoms with Crippen LogP contribution in [0.25, 0.3) is 0 Å². The Bertz CT molecular complexity index is 807. The van der Waals surface area contributed by atoms with Gasteiger partial charge in [0.25, 0.3) is 5.91 Å². The van der Waals surface area contributed by atoms with Crippen LogP contribution in [0.2, 0.25) is 0 Å². The summed E-state index contributed by atoms with van der Waals surface area (Å²) in [5.74, 6) is 2.12. The third kappa shape index (κ3) is 6.95. The molecular weight excluding hydrogens is 499 g/mol. The second-order valence-corrected chi connectivity index (χ2v) is 9.13. The van der Waals surface area contributed by atoms with Gasteiger partial charge in [0, 0.05) is 35.8 Å². The molecule has 2 aromatic rings. The first-order valence-electron chi connectivity index (χ1n) is 9.58. The van der Waals surface area contributed by atoms with E-state index < -0.39 is 0 Å². The number of hydrogen-bond donors (Lipinski definition) is 2. The Hall–Kier alpha value is -1.68. The van der Waals surface area contributed by atoms with E-state index in [0.717, 1.165) is 42.6 Å². The van der Waals surface area contributed by atoms with Gasteiger partial charge < -0.3 is 20.0 Å². The molecule has 1 aromatic carbocycles. The van der Waals surface area contributed by atoms with Crippen LogP contribution in [0.4, 0.5) is 5.69 Å². The van der Waals surface area contributed by atoms with Crippen molar-refractivity contribution in [2.24, 2.45) is 4.99 Å². The lowest BCUT2D eigenvalue weighted by atomic mass is 10.2. The molecule has 8 heteroatoms. The van der Waals surface area contributed by atoms with Crippen molar-refractivity contribution in [1.29, 1.82) is 0 Å². The lowest BCUT2D eigenvalue weighted by molar-refractivity contribution is 0.0996. The third-order valence-electron chi connectivity index (χ3n) is 4.43. The molecule has 0 spiro atoms. The van der Waals surface area contributed by atoms with Crippen LogP contribution < -0.4 is 10.6 Å². The number of amides is 1. The molecule has 2 heterocycles. The molecule has 2 N–H and O–H groups in total. The van der Waals surface area contributed by atoms with Gasteiger partial charge in [-0.2, -0.15) is 11.8 Å². The van der Waals surface area contributed by atoms with Crippen molar-refractivity contribution in [3.8, 4) is 0 Å². The van der Waals surface area contributed by atoms with Crippen LogP contribution in [0, 0.1) is 0 Å². The number of carbonyl (C=O) groups excluding carboxylic acids is 1. The molecule has 1 aliphatic heterocycles. The summed E-state index contributed by atoms with van der Waals surface area (Å²) in [5, 5.41) is 6.24. The van der Waals surface area contributed by atoms with E-state index in [-0.39, 0.29) is 34.6 Å². The van der Waals surface area contributed by atoms with Gasteiger partial charge in [-0.3, -0.25) is 4.79 Å². The third-order valence-corrected chi connectivity index (χ3v) is 5.73. The molecule has 1 fully saturated rings. The number of rotatable bonds is 5. The molecule has 29 heavy (non-hydrogen) atoms. The van der Waals surface area contributed by atoms with Crippen molar-refractivity contribution in [3.05, 3.63) is 54.0 Å². The van der Waals surface area contributed by atoms with Crippen LogP contribution in [-0.2, 0) is 6.54 Å². The average Bonchev–Trinajstić information content (AvgIpc) is 3.20. The Morgan fingerprint density at radius 3 is 2.66 bits per heavy atom. The largest absolute Gasteiger partial charge is 0.459 e. The summed E-state index contributed by atoms with van der Waals surface area (Å²) in [5.41, 5.74) is 1.83. The first kappa shape index (κ1) is 23.6. The van der Waals surface area contributed by atoms with Crippen LogP contribution in [0.3, 0.4) is 0 Å². The molecule has 0 atom stereocenters. The zero-order valence-electron chi connectivity index (χ0n) is 17.1. The number of aliphatic imine (C=N–C) groups is 1. The predicted octanol–water partition coefficient (Wildman–Crippen LogP) is 4.44. The summed E-state index contributed by atoms with van der Waals surface area (Å²) < 4.78 is 5.35. The van der Waals surface area contributed by atoms with Crippen LogP contribution in [0.5, 0.6) is 0 Å². The highest BCUT2D eigenvalue weighted by Crippen LogP contribution is 2.29. The zero-order valence-corrected chi connectivity index (χ0v) is 20.3. The van der Waals surface area contributed by atoms with Gasteiger partial charge in [0.1, 0.15) is 0 Å². The number of nitrogens with one attached hydrogen (secondary N) is 2. The normalized spacial score (nSPS) is 16.1. The molecule has 0 bridgehead atoms. The first-order chi connectivity index (χ1) is 13.5. The van der Waals surface area contributed by atoms with Crippen molar-refractivity contribution in [2.45, 2.75) is 32.1 Å². The van der Waals surface area contributed by atoms with E-state index >= 15 is 0 Å². The molecule has 3 rings (SSSR count). The second kappa shape index (κ2) is 10.9. The summed E-state index contributed by atoms with van der Waals surface area (Å²) >= 11 is 2.01. The Labute approximate surface area is 193 Å². The minimum atomic E-state index is -0.254. The Kier molecular flexibility index (Phi) is 8.88. The van der Waals surface area contributed by atoms with Gasteiger partial charge in [-0.25, -0.2) is 4.99 Å². The van der Waals surface area contributed by atoms with Gasteiger partial charge in [-0.15, -0.1) is 24.0 Å². The summed E-state index contributed by atoms with van der Waals surface area (Å²) in [6, 6.07) is 11.1. The number of hydrogen-bond acceptors (Lipinski definition) is 4. The summed E-state index contributed by atoms with van der Waals surface area (Å²) in [6.07, 6.45) is 1.49. The zero-order chi connectivity index (χ0) is 20.0. The number of anilines is 1. The SMILES string of the molecule is CCNC(=NCc1ccc(NC(=O)c2ccco2)cc1)N1CCSC(C)(C)C1.I. The number of halogens is 1. The highest BCUT2D eigenvalue weighted by atomic mass is 127. The molecule has 158 valence electrons. The molecule has 0 radical (unpaired) electrons. The lowest BCUT2D eigenvalue weighted by Crippen LogP contribution is -2.50. The Balaban J connectivity index is 0.00000300. The van der Waals surface area contributed by atoms with Gasteiger partial charge >= 0.3 is 0 Å². The monoisotopic (exact) mass is 528 g/mol. The van der Waals surface area contributed by atoms with E-state index in [1.54, 1.807) is 12.1 Å². The van der Waals surface area contributed by atoms with Crippen LogP contribution in [0.15, 0.2) is 52.1 Å². The summed E-state index contributed by atoms with van der Waals surface area (Å²) in [4.78, 5) is 19.2. The molecule has 6 nitrogen and oxygen atoms in total. The topological polar surface area (TPSA) is 69.9 Å². The van der Waals surface area contributed by atoms with Crippen molar-refractivity contribution in [1.82, 2.24) is 10.2 Å². The van der Waals surface area contributed by atoms with Gasteiger partial charge in [-0.1, -0.05) is 12.1 Å². The summed E-state index contributed by atoms with van der Waals surface area (Å²) in [6.45, 7) is 10.1. The van der Waals surface area contributed by atoms with Gasteiger partial charge in [0.15, 0.2) is 11.7 Å². The Morgan fingerprint density at radius 2 is 2.03 bits per heavy atom. The predicted molar refractivity (Wildman–Crippen MR) is 131 cm³/mol. The van der Waals surface area contributed by atoms with Crippen molar-refractivity contribution >= 4 is 53.3 Å². The molecule has 0 aliphatic carbocycles. The minimum absolute atomic E-state index is 0. The quantitative estimate of drug-likeness (QED) is 0.341. The van der Waals surface area contributed by atoms with E-state index in [1.165, 1.54) is 6.26 Å². The fraction of sp³-hybridized carbons (Fsp3) is 0.429. The summed E-state index contributed by atoms with van der Waals surface area (Å²) in [7, 11) is 0. The fourth-order valence-electron chi connectivity index (χ4n) is 3.08. The van der Waals surface area contributed by atoms with Crippen molar-refractivity contribution in [3.63, 3.8) is 0 Å². The van der Waals surface area contributed by atoms with Crippen molar-refractivity contribution < 1.29 is 9.21 Å². The Morgan fingerprint density at radius 1 is 1.28 bits per heavy atom. The molecule has 0 saturated carbocycles. The van der Waals surface area contributed by atoms with E-state index in [4.69, 9.17) is 9.41 Å². The van der Waals surface area contributed by atoms with Crippen LogP contribution >= 0.6 is 35.7 Å². The number of carbonyl (C=O) groups is 1. The smallest absolute Gasteiger partial charge is 0.291 e. The number of furan rings is 1. The molecular formula is C21H29IN4O2S. The first-order valence-corrected chi connectivity index (χ1v) is 10.6. The second-order valence-electron chi connectivity index (χ2n) is 7.33. The van der Waals surface area contributed by atoms with Gasteiger partial charge in [0.2, 0.25) is 0 Å². The van der Waals surface area contributed by atoms with Crippen molar-refractivity contribution in [2.75, 3.05) is 30.7 Å². The van der Waals surface area contributed by atoms with E-state index in [9.17, 15) is 4.79 Å². The maximum Gasteiger partial charge on any atom is 0.291 e. The highest BCUT2D eigenvalue weighted by Gasteiger charge is 2.28. The van der Waals surface area contributed by atoms with Crippen LogP contribution in [0.1, 0.15) is 36.9 Å². The minimum Gasteiger partial charge on any atom is -0.459 e. The average molecular weight is 528 g/mol. The molecule has 0 unspecified atom stereocenters. The number of guanidine groups is 1. The van der Waals surface area contributed by atoms with E-state index in [1.807, 2.05) is 36.0 Å². The molecule has 1 aliphatic rings.